The van der Waals surface area contributed by atoms with Gasteiger partial charge in [0.05, 0.1) is 19.0 Å². The van der Waals surface area contributed by atoms with E-state index in [-0.39, 0.29) is 0 Å². The van der Waals surface area contributed by atoms with Crippen LogP contribution in [0.25, 0.3) is 0 Å². The van der Waals surface area contributed by atoms with E-state index in [2.05, 4.69) is 21.2 Å². The summed E-state index contributed by atoms with van der Waals surface area (Å²) in [5.41, 5.74) is 0.314. The molecule has 1 fully saturated rings. The molecule has 100 valence electrons. The fourth-order valence-electron chi connectivity index (χ4n) is 1.84. The number of rotatable bonds is 3. The number of carboxylic acid groups (broad SMARTS) is 1. The van der Waals surface area contributed by atoms with Crippen molar-refractivity contribution >= 4 is 5.97 Å². The summed E-state index contributed by atoms with van der Waals surface area (Å²) in [6, 6.07) is 0. The van der Waals surface area contributed by atoms with E-state index in [1.807, 2.05) is 5.92 Å². The second kappa shape index (κ2) is 6.71. The Morgan fingerprint density at radius 1 is 1.53 bits per heavy atom. The maximum absolute atomic E-state index is 10.3. The molecule has 1 aliphatic heterocycles. The Bertz CT molecular complexity index is 484. The van der Waals surface area contributed by atoms with Crippen molar-refractivity contribution in [3.63, 3.8) is 0 Å². The zero-order chi connectivity index (χ0) is 13.5. The molecule has 19 heavy (non-hydrogen) atoms. The third-order valence-corrected chi connectivity index (χ3v) is 2.79. The predicted molar refractivity (Wildman–Crippen MR) is 67.6 cm³/mol. The maximum Gasteiger partial charge on any atom is 0.382 e. The summed E-state index contributed by atoms with van der Waals surface area (Å²) in [6.45, 7) is 2.66. The predicted octanol–water partition coefficient (Wildman–Crippen LogP) is 0.291. The van der Waals surface area contributed by atoms with Crippen LogP contribution in [-0.4, -0.2) is 40.7 Å². The first-order valence-corrected chi connectivity index (χ1v) is 6.14. The van der Waals surface area contributed by atoms with E-state index < -0.39 is 5.97 Å². The molecule has 2 N–H and O–H groups in total. The Morgan fingerprint density at radius 2 is 2.42 bits per heavy atom. The summed E-state index contributed by atoms with van der Waals surface area (Å²) >= 11 is 0. The fourth-order valence-corrected chi connectivity index (χ4v) is 1.84. The van der Waals surface area contributed by atoms with Crippen LogP contribution in [0.4, 0.5) is 0 Å². The van der Waals surface area contributed by atoms with Gasteiger partial charge in [-0.25, -0.2) is 14.8 Å². The Morgan fingerprint density at radius 3 is 3.05 bits per heavy atom. The summed E-state index contributed by atoms with van der Waals surface area (Å²) < 4.78 is 5.55. The van der Waals surface area contributed by atoms with Crippen molar-refractivity contribution in [2.24, 2.45) is 5.92 Å². The SMILES string of the molecule is O=C(O)C#Cc1cnc(OCC2CCCNC2)cn1. The molecule has 0 spiro atoms. The normalized spacial score (nSPS) is 18.2. The van der Waals surface area contributed by atoms with Gasteiger partial charge in [-0.05, 0) is 25.3 Å². The summed E-state index contributed by atoms with van der Waals surface area (Å²) in [6.07, 6.45) is 5.19. The molecule has 0 saturated carbocycles. The van der Waals surface area contributed by atoms with Crippen molar-refractivity contribution in [2.75, 3.05) is 19.7 Å². The number of carbonyl (C=O) groups is 1. The van der Waals surface area contributed by atoms with Crippen molar-refractivity contribution in [2.45, 2.75) is 12.8 Å². The molecule has 6 heteroatoms. The number of piperidine rings is 1. The van der Waals surface area contributed by atoms with Crippen molar-refractivity contribution in [1.82, 2.24) is 15.3 Å². The summed E-state index contributed by atoms with van der Waals surface area (Å²) in [5, 5.41) is 11.7. The average molecular weight is 261 g/mol. The second-order valence-corrected chi connectivity index (χ2v) is 4.32. The zero-order valence-corrected chi connectivity index (χ0v) is 10.4. The first-order chi connectivity index (χ1) is 9.24. The number of ether oxygens (including phenoxy) is 1. The van der Waals surface area contributed by atoms with E-state index in [1.54, 1.807) is 0 Å². The average Bonchev–Trinajstić information content (AvgIpc) is 2.45. The summed E-state index contributed by atoms with van der Waals surface area (Å²) in [7, 11) is 0. The highest BCUT2D eigenvalue weighted by Crippen LogP contribution is 2.12. The maximum atomic E-state index is 10.3. The van der Waals surface area contributed by atoms with Crippen molar-refractivity contribution in [3.05, 3.63) is 18.1 Å². The molecule has 0 amide bonds. The van der Waals surface area contributed by atoms with Gasteiger partial charge in [-0.3, -0.25) is 0 Å². The van der Waals surface area contributed by atoms with Crippen LogP contribution in [0.2, 0.25) is 0 Å². The van der Waals surface area contributed by atoms with Crippen LogP contribution in [0.5, 0.6) is 5.88 Å². The largest absolute Gasteiger partial charge is 0.476 e. The highest BCUT2D eigenvalue weighted by molar-refractivity contribution is 5.87. The molecule has 1 aromatic heterocycles. The minimum absolute atomic E-state index is 0.314. The van der Waals surface area contributed by atoms with Gasteiger partial charge in [0.25, 0.3) is 0 Å². The van der Waals surface area contributed by atoms with E-state index in [1.165, 1.54) is 18.8 Å². The van der Waals surface area contributed by atoms with Gasteiger partial charge in [0.1, 0.15) is 5.69 Å². The molecule has 0 aliphatic carbocycles. The summed E-state index contributed by atoms with van der Waals surface area (Å²) in [5.74, 6) is 4.12. The van der Waals surface area contributed by atoms with Crippen LogP contribution in [0.1, 0.15) is 18.5 Å². The highest BCUT2D eigenvalue weighted by Gasteiger charge is 2.13. The lowest BCUT2D eigenvalue weighted by Gasteiger charge is -2.22. The molecule has 2 rings (SSSR count). The summed E-state index contributed by atoms with van der Waals surface area (Å²) in [4.78, 5) is 18.3. The van der Waals surface area contributed by atoms with Gasteiger partial charge < -0.3 is 15.2 Å². The third kappa shape index (κ3) is 4.56. The highest BCUT2D eigenvalue weighted by atomic mass is 16.5. The van der Waals surface area contributed by atoms with E-state index in [0.717, 1.165) is 19.5 Å². The molecule has 6 nitrogen and oxygen atoms in total. The fraction of sp³-hybridized carbons (Fsp3) is 0.462. The first kappa shape index (κ1) is 13.3. The van der Waals surface area contributed by atoms with Crippen molar-refractivity contribution in [3.8, 4) is 17.7 Å². The van der Waals surface area contributed by atoms with Crippen molar-refractivity contribution in [1.29, 1.82) is 0 Å². The lowest BCUT2D eigenvalue weighted by molar-refractivity contribution is -0.130. The molecule has 1 aromatic rings. The number of nitrogens with zero attached hydrogens (tertiary/aromatic N) is 2. The van der Waals surface area contributed by atoms with Crippen LogP contribution in [0, 0.1) is 17.8 Å². The van der Waals surface area contributed by atoms with Crippen molar-refractivity contribution < 1.29 is 14.6 Å². The second-order valence-electron chi connectivity index (χ2n) is 4.32. The Kier molecular flexibility index (Phi) is 4.70. The van der Waals surface area contributed by atoms with Gasteiger partial charge in [-0.15, -0.1) is 0 Å². The van der Waals surface area contributed by atoms with Gasteiger partial charge in [0.15, 0.2) is 0 Å². The topological polar surface area (TPSA) is 84.3 Å². The zero-order valence-electron chi connectivity index (χ0n) is 10.4. The van der Waals surface area contributed by atoms with Gasteiger partial charge >= 0.3 is 5.97 Å². The standard InChI is InChI=1S/C13H15N3O3/c17-13(18)4-3-11-7-16-12(8-15-11)19-9-10-2-1-5-14-6-10/h7-8,10,14H,1-2,5-6,9H2,(H,17,18). The molecule has 0 aromatic carbocycles. The molecule has 1 saturated heterocycles. The number of nitrogens with one attached hydrogen (secondary N) is 1. The van der Waals surface area contributed by atoms with Crippen LogP contribution >= 0.6 is 0 Å². The van der Waals surface area contributed by atoms with Crippen LogP contribution in [0.15, 0.2) is 12.4 Å². The van der Waals surface area contributed by atoms with E-state index in [4.69, 9.17) is 9.84 Å². The van der Waals surface area contributed by atoms with E-state index >= 15 is 0 Å². The van der Waals surface area contributed by atoms with E-state index in [0.29, 0.717) is 24.1 Å². The number of carboxylic acids is 1. The Balaban J connectivity index is 1.85. The van der Waals surface area contributed by atoms with Crippen LogP contribution in [0.3, 0.4) is 0 Å². The number of aromatic nitrogens is 2. The first-order valence-electron chi connectivity index (χ1n) is 6.14. The third-order valence-electron chi connectivity index (χ3n) is 2.79. The molecule has 0 bridgehead atoms. The number of hydrogen-bond donors (Lipinski definition) is 2. The number of hydrogen-bond acceptors (Lipinski definition) is 5. The molecule has 2 heterocycles. The minimum atomic E-state index is -1.19. The van der Waals surface area contributed by atoms with Gasteiger partial charge in [-0.2, -0.15) is 0 Å². The molecule has 0 radical (unpaired) electrons. The van der Waals surface area contributed by atoms with Crippen LogP contribution < -0.4 is 10.1 Å². The molecule has 1 atom stereocenters. The number of aliphatic carboxylic acids is 1. The quantitative estimate of drug-likeness (QED) is 0.761. The van der Waals surface area contributed by atoms with Crippen LogP contribution in [-0.2, 0) is 4.79 Å². The van der Waals surface area contributed by atoms with Gasteiger partial charge in [0.2, 0.25) is 5.88 Å². The van der Waals surface area contributed by atoms with Gasteiger partial charge in [0, 0.05) is 18.4 Å². The molecular weight excluding hydrogens is 246 g/mol. The Labute approximate surface area is 111 Å². The van der Waals surface area contributed by atoms with E-state index in [9.17, 15) is 4.79 Å². The molecular formula is C13H15N3O3. The Hall–Kier alpha value is -2.13. The molecule has 1 aliphatic rings. The smallest absolute Gasteiger partial charge is 0.382 e. The molecule has 1 unspecified atom stereocenters. The monoisotopic (exact) mass is 261 g/mol. The minimum Gasteiger partial charge on any atom is -0.476 e. The van der Waals surface area contributed by atoms with Gasteiger partial charge in [-0.1, -0.05) is 0 Å². The lowest BCUT2D eigenvalue weighted by Crippen LogP contribution is -2.33. The lowest BCUT2D eigenvalue weighted by atomic mass is 10.0.